The zero-order valence-electron chi connectivity index (χ0n) is 12.3. The van der Waals surface area contributed by atoms with Gasteiger partial charge in [-0.05, 0) is 55.1 Å². The van der Waals surface area contributed by atoms with E-state index in [4.69, 9.17) is 0 Å². The summed E-state index contributed by atoms with van der Waals surface area (Å²) in [6.07, 6.45) is 2.30. The first kappa shape index (κ1) is 15.6. The van der Waals surface area contributed by atoms with E-state index in [1.807, 2.05) is 18.2 Å². The molecule has 0 aliphatic rings. The maximum atomic E-state index is 13.8. The smallest absolute Gasteiger partial charge is 0.126 e. The number of rotatable bonds is 7. The van der Waals surface area contributed by atoms with Crippen LogP contribution in [0.15, 0.2) is 48.5 Å². The average Bonchev–Trinajstić information content (AvgIpc) is 2.49. The lowest BCUT2D eigenvalue weighted by molar-refractivity contribution is 0.489. The van der Waals surface area contributed by atoms with Crippen LogP contribution < -0.4 is 5.32 Å². The van der Waals surface area contributed by atoms with Gasteiger partial charge in [0.05, 0.1) is 0 Å². The Kier molecular flexibility index (Phi) is 5.88. The molecule has 0 fully saturated rings. The molecule has 0 radical (unpaired) electrons. The minimum absolute atomic E-state index is 0.101. The van der Waals surface area contributed by atoms with Crippen LogP contribution in [0.1, 0.15) is 24.5 Å². The SMILES string of the molecule is CCCNC(Cc1ccccc1)Cc1cc(F)ccc1F. The van der Waals surface area contributed by atoms with Gasteiger partial charge in [0, 0.05) is 6.04 Å². The summed E-state index contributed by atoms with van der Waals surface area (Å²) >= 11 is 0. The Hall–Kier alpha value is -1.74. The largest absolute Gasteiger partial charge is 0.313 e. The molecular weight excluding hydrogens is 268 g/mol. The average molecular weight is 289 g/mol. The predicted molar refractivity (Wildman–Crippen MR) is 82.3 cm³/mol. The number of hydrogen-bond acceptors (Lipinski definition) is 1. The van der Waals surface area contributed by atoms with Crippen molar-refractivity contribution in [3.05, 3.63) is 71.3 Å². The minimum Gasteiger partial charge on any atom is -0.313 e. The standard InChI is InChI=1S/C18H21F2N/c1-2-10-21-17(11-14-6-4-3-5-7-14)13-15-12-16(19)8-9-18(15)20/h3-9,12,17,21H,2,10-11,13H2,1H3. The summed E-state index contributed by atoms with van der Waals surface area (Å²) in [5.41, 5.74) is 1.63. The lowest BCUT2D eigenvalue weighted by Gasteiger charge is -2.19. The third-order valence-electron chi connectivity index (χ3n) is 3.48. The van der Waals surface area contributed by atoms with Crippen LogP contribution in [0, 0.1) is 11.6 Å². The molecule has 0 saturated heterocycles. The van der Waals surface area contributed by atoms with Gasteiger partial charge in [-0.15, -0.1) is 0 Å². The van der Waals surface area contributed by atoms with E-state index >= 15 is 0 Å². The van der Waals surface area contributed by atoms with Gasteiger partial charge in [0.15, 0.2) is 0 Å². The highest BCUT2D eigenvalue weighted by molar-refractivity contribution is 5.22. The lowest BCUT2D eigenvalue weighted by atomic mass is 9.98. The molecule has 0 amide bonds. The van der Waals surface area contributed by atoms with Crippen LogP contribution in [0.4, 0.5) is 8.78 Å². The number of benzene rings is 2. The number of hydrogen-bond donors (Lipinski definition) is 1. The Balaban J connectivity index is 2.10. The molecule has 1 N–H and O–H groups in total. The van der Waals surface area contributed by atoms with Gasteiger partial charge >= 0.3 is 0 Å². The molecule has 2 aromatic rings. The van der Waals surface area contributed by atoms with Crippen molar-refractivity contribution in [3.8, 4) is 0 Å². The van der Waals surface area contributed by atoms with Crippen molar-refractivity contribution in [1.29, 1.82) is 0 Å². The van der Waals surface area contributed by atoms with Gasteiger partial charge in [0.25, 0.3) is 0 Å². The molecule has 0 aliphatic carbocycles. The number of halogens is 2. The lowest BCUT2D eigenvalue weighted by Crippen LogP contribution is -2.34. The van der Waals surface area contributed by atoms with Gasteiger partial charge in [-0.25, -0.2) is 8.78 Å². The van der Waals surface area contributed by atoms with E-state index in [0.29, 0.717) is 12.0 Å². The molecule has 2 aromatic carbocycles. The second-order valence-electron chi connectivity index (χ2n) is 5.28. The summed E-state index contributed by atoms with van der Waals surface area (Å²) < 4.78 is 27.1. The summed E-state index contributed by atoms with van der Waals surface area (Å²) in [6.45, 7) is 2.96. The van der Waals surface area contributed by atoms with Gasteiger partial charge in [-0.1, -0.05) is 37.3 Å². The first-order valence-corrected chi connectivity index (χ1v) is 7.40. The van der Waals surface area contributed by atoms with Crippen LogP contribution in [0.2, 0.25) is 0 Å². The molecular formula is C18H21F2N. The monoisotopic (exact) mass is 289 g/mol. The molecule has 21 heavy (non-hydrogen) atoms. The van der Waals surface area contributed by atoms with Gasteiger partial charge < -0.3 is 5.32 Å². The summed E-state index contributed by atoms with van der Waals surface area (Å²) in [5.74, 6) is -0.729. The van der Waals surface area contributed by atoms with Gasteiger partial charge in [-0.3, -0.25) is 0 Å². The van der Waals surface area contributed by atoms with Crippen LogP contribution in [-0.2, 0) is 12.8 Å². The van der Waals surface area contributed by atoms with Gasteiger partial charge in [0.1, 0.15) is 11.6 Å². The van der Waals surface area contributed by atoms with E-state index < -0.39 is 0 Å². The zero-order valence-corrected chi connectivity index (χ0v) is 12.3. The van der Waals surface area contributed by atoms with E-state index in [9.17, 15) is 8.78 Å². The summed E-state index contributed by atoms with van der Waals surface area (Å²) in [4.78, 5) is 0. The summed E-state index contributed by atoms with van der Waals surface area (Å²) in [7, 11) is 0. The summed E-state index contributed by atoms with van der Waals surface area (Å²) in [6, 6.07) is 13.8. The fourth-order valence-corrected chi connectivity index (χ4v) is 2.43. The molecule has 112 valence electrons. The van der Waals surface area contributed by atoms with E-state index in [1.54, 1.807) is 0 Å². The van der Waals surface area contributed by atoms with Crippen LogP contribution in [0.25, 0.3) is 0 Å². The van der Waals surface area contributed by atoms with Crippen LogP contribution in [-0.4, -0.2) is 12.6 Å². The molecule has 1 unspecified atom stereocenters. The topological polar surface area (TPSA) is 12.0 Å². The van der Waals surface area contributed by atoms with Crippen LogP contribution >= 0.6 is 0 Å². The molecule has 1 atom stereocenters. The maximum absolute atomic E-state index is 13.8. The highest BCUT2D eigenvalue weighted by Crippen LogP contribution is 2.14. The molecule has 0 spiro atoms. The van der Waals surface area contributed by atoms with Crippen molar-refractivity contribution in [1.82, 2.24) is 5.32 Å². The Bertz CT molecular complexity index is 554. The van der Waals surface area contributed by atoms with Crippen molar-refractivity contribution in [2.45, 2.75) is 32.2 Å². The predicted octanol–water partition coefficient (Wildman–Crippen LogP) is 4.12. The first-order valence-electron chi connectivity index (χ1n) is 7.40. The molecule has 0 saturated carbocycles. The van der Waals surface area contributed by atoms with Gasteiger partial charge in [-0.2, -0.15) is 0 Å². The molecule has 0 aliphatic heterocycles. The van der Waals surface area contributed by atoms with E-state index in [1.165, 1.54) is 17.7 Å². The second kappa shape index (κ2) is 7.89. The molecule has 0 aromatic heterocycles. The normalized spacial score (nSPS) is 12.3. The van der Waals surface area contributed by atoms with E-state index in [2.05, 4.69) is 24.4 Å². The van der Waals surface area contributed by atoms with Crippen molar-refractivity contribution < 1.29 is 8.78 Å². The van der Waals surface area contributed by atoms with E-state index in [0.717, 1.165) is 25.5 Å². The quantitative estimate of drug-likeness (QED) is 0.808. The molecule has 2 rings (SSSR count). The minimum atomic E-state index is -0.389. The molecule has 3 heteroatoms. The highest BCUT2D eigenvalue weighted by atomic mass is 19.1. The summed E-state index contributed by atoms with van der Waals surface area (Å²) in [5, 5.41) is 3.42. The Labute approximate surface area is 125 Å². The fraction of sp³-hybridized carbons (Fsp3) is 0.333. The highest BCUT2D eigenvalue weighted by Gasteiger charge is 2.13. The van der Waals surface area contributed by atoms with E-state index in [-0.39, 0.29) is 17.7 Å². The van der Waals surface area contributed by atoms with Crippen molar-refractivity contribution >= 4 is 0 Å². The second-order valence-corrected chi connectivity index (χ2v) is 5.28. The van der Waals surface area contributed by atoms with Gasteiger partial charge in [0.2, 0.25) is 0 Å². The van der Waals surface area contributed by atoms with Crippen molar-refractivity contribution in [2.75, 3.05) is 6.54 Å². The Morgan fingerprint density at radius 1 is 1.00 bits per heavy atom. The van der Waals surface area contributed by atoms with Crippen LogP contribution in [0.3, 0.4) is 0 Å². The molecule has 0 bridgehead atoms. The van der Waals surface area contributed by atoms with Crippen molar-refractivity contribution in [3.63, 3.8) is 0 Å². The Morgan fingerprint density at radius 3 is 2.48 bits per heavy atom. The fourth-order valence-electron chi connectivity index (χ4n) is 2.43. The van der Waals surface area contributed by atoms with Crippen molar-refractivity contribution in [2.24, 2.45) is 0 Å². The third kappa shape index (κ3) is 4.94. The Morgan fingerprint density at radius 2 is 1.76 bits per heavy atom. The maximum Gasteiger partial charge on any atom is 0.126 e. The third-order valence-corrected chi connectivity index (χ3v) is 3.48. The zero-order chi connectivity index (χ0) is 15.1. The molecule has 0 heterocycles. The first-order chi connectivity index (χ1) is 10.2. The molecule has 1 nitrogen and oxygen atoms in total. The number of nitrogens with one attached hydrogen (secondary N) is 1. The van der Waals surface area contributed by atoms with Crippen LogP contribution in [0.5, 0.6) is 0 Å².